The number of rotatable bonds is 4. The summed E-state index contributed by atoms with van der Waals surface area (Å²) in [6, 6.07) is 8.82. The van der Waals surface area contributed by atoms with Crippen molar-refractivity contribution < 1.29 is 9.90 Å². The summed E-state index contributed by atoms with van der Waals surface area (Å²) >= 11 is 5.89. The van der Waals surface area contributed by atoms with Crippen molar-refractivity contribution in [3.8, 4) is 0 Å². The molecule has 0 amide bonds. The average Bonchev–Trinajstić information content (AvgIpc) is 2.37. The molecule has 0 radical (unpaired) electrons. The number of nitrogens with one attached hydrogen (secondary N) is 1. The molecule has 19 heavy (non-hydrogen) atoms. The van der Waals surface area contributed by atoms with Crippen molar-refractivity contribution in [2.75, 3.05) is 5.32 Å². The summed E-state index contributed by atoms with van der Waals surface area (Å²) in [5.41, 5.74) is 2.50. The van der Waals surface area contributed by atoms with E-state index < -0.39 is 5.97 Å². The highest BCUT2D eigenvalue weighted by molar-refractivity contribution is 6.34. The smallest absolute Gasteiger partial charge is 0.339 e. The van der Waals surface area contributed by atoms with Crippen LogP contribution in [0.2, 0.25) is 5.02 Å². The van der Waals surface area contributed by atoms with Crippen molar-refractivity contribution in [3.05, 3.63) is 58.4 Å². The number of carboxylic acids is 1. The Balaban J connectivity index is 2.18. The molecule has 2 N–H and O–H groups in total. The number of aromatic carboxylic acids is 1. The van der Waals surface area contributed by atoms with Gasteiger partial charge in [-0.15, -0.1) is 0 Å². The largest absolute Gasteiger partial charge is 0.478 e. The molecule has 98 valence electrons. The lowest BCUT2D eigenvalue weighted by Crippen LogP contribution is -2.07. The fourth-order valence-electron chi connectivity index (χ4n) is 1.69. The molecule has 0 saturated heterocycles. The van der Waals surface area contributed by atoms with Gasteiger partial charge in [0.1, 0.15) is 5.56 Å². The Hall–Kier alpha value is -2.07. The van der Waals surface area contributed by atoms with Crippen LogP contribution in [0.3, 0.4) is 0 Å². The summed E-state index contributed by atoms with van der Waals surface area (Å²) < 4.78 is 0. The van der Waals surface area contributed by atoms with Crippen molar-refractivity contribution >= 4 is 23.3 Å². The maximum absolute atomic E-state index is 11.2. The standard InChI is InChI=1S/C14H13ClN2O2/c1-9-5-6-10(7-16-9)8-17-12-4-2-3-11(15)13(12)14(18)19/h2-7,17H,8H2,1H3,(H,18,19). The molecule has 2 rings (SSSR count). The van der Waals surface area contributed by atoms with E-state index in [9.17, 15) is 4.79 Å². The number of carbonyl (C=O) groups is 1. The van der Waals surface area contributed by atoms with Crippen LogP contribution in [-0.2, 0) is 6.54 Å². The number of carboxylic acid groups (broad SMARTS) is 1. The van der Waals surface area contributed by atoms with E-state index in [1.807, 2.05) is 19.1 Å². The van der Waals surface area contributed by atoms with Gasteiger partial charge < -0.3 is 10.4 Å². The quantitative estimate of drug-likeness (QED) is 0.899. The summed E-state index contributed by atoms with van der Waals surface area (Å²) in [5, 5.41) is 12.4. The Labute approximate surface area is 116 Å². The normalized spacial score (nSPS) is 10.2. The minimum absolute atomic E-state index is 0.0873. The van der Waals surface area contributed by atoms with Crippen molar-refractivity contribution in [2.24, 2.45) is 0 Å². The van der Waals surface area contributed by atoms with Gasteiger partial charge in [-0.1, -0.05) is 23.7 Å². The Kier molecular flexibility index (Phi) is 4.02. The second-order valence-corrected chi connectivity index (χ2v) is 4.54. The molecule has 0 aliphatic carbocycles. The Morgan fingerprint density at radius 1 is 1.37 bits per heavy atom. The predicted octanol–water partition coefficient (Wildman–Crippen LogP) is 3.35. The number of hydrogen-bond acceptors (Lipinski definition) is 3. The van der Waals surface area contributed by atoms with Gasteiger partial charge in [0.25, 0.3) is 0 Å². The highest BCUT2D eigenvalue weighted by Crippen LogP contribution is 2.24. The molecule has 0 atom stereocenters. The number of halogens is 1. The maximum atomic E-state index is 11.2. The third-order valence-corrected chi connectivity index (χ3v) is 3.00. The van der Waals surface area contributed by atoms with Crippen LogP contribution < -0.4 is 5.32 Å². The zero-order chi connectivity index (χ0) is 13.8. The van der Waals surface area contributed by atoms with Crippen molar-refractivity contribution in [2.45, 2.75) is 13.5 Å². The Bertz CT molecular complexity index is 597. The molecule has 0 unspecified atom stereocenters. The van der Waals surface area contributed by atoms with E-state index >= 15 is 0 Å². The number of nitrogens with zero attached hydrogens (tertiary/aromatic N) is 1. The fraction of sp³-hybridized carbons (Fsp3) is 0.143. The number of anilines is 1. The monoisotopic (exact) mass is 276 g/mol. The first kappa shape index (κ1) is 13.4. The summed E-state index contributed by atoms with van der Waals surface area (Å²) in [4.78, 5) is 15.3. The number of aromatic nitrogens is 1. The molecule has 5 heteroatoms. The molecule has 1 heterocycles. The first-order chi connectivity index (χ1) is 9.08. The van der Waals surface area contributed by atoms with Crippen LogP contribution in [0.15, 0.2) is 36.5 Å². The van der Waals surface area contributed by atoms with E-state index in [0.717, 1.165) is 11.3 Å². The molecule has 1 aromatic carbocycles. The second kappa shape index (κ2) is 5.71. The molecule has 1 aromatic heterocycles. The van der Waals surface area contributed by atoms with Crippen LogP contribution in [0.4, 0.5) is 5.69 Å². The van der Waals surface area contributed by atoms with E-state index in [1.54, 1.807) is 24.4 Å². The van der Waals surface area contributed by atoms with Crippen molar-refractivity contribution in [1.29, 1.82) is 0 Å². The third-order valence-electron chi connectivity index (χ3n) is 2.68. The topological polar surface area (TPSA) is 62.2 Å². The number of hydrogen-bond donors (Lipinski definition) is 2. The molecule has 0 aliphatic heterocycles. The summed E-state index contributed by atoms with van der Waals surface area (Å²) in [7, 11) is 0. The van der Waals surface area contributed by atoms with E-state index in [4.69, 9.17) is 16.7 Å². The van der Waals surface area contributed by atoms with Gasteiger partial charge in [-0.25, -0.2) is 4.79 Å². The van der Waals surface area contributed by atoms with Crippen LogP contribution in [0.25, 0.3) is 0 Å². The second-order valence-electron chi connectivity index (χ2n) is 4.13. The molecule has 0 spiro atoms. The first-order valence-electron chi connectivity index (χ1n) is 5.75. The van der Waals surface area contributed by atoms with Gasteiger partial charge in [-0.2, -0.15) is 0 Å². The van der Waals surface area contributed by atoms with Gasteiger partial charge in [-0.3, -0.25) is 4.98 Å². The molecule has 2 aromatic rings. The van der Waals surface area contributed by atoms with Gasteiger partial charge in [0.05, 0.1) is 10.7 Å². The zero-order valence-corrected chi connectivity index (χ0v) is 11.1. The van der Waals surface area contributed by atoms with Crippen molar-refractivity contribution in [3.63, 3.8) is 0 Å². The minimum Gasteiger partial charge on any atom is -0.478 e. The van der Waals surface area contributed by atoms with Crippen LogP contribution >= 0.6 is 11.6 Å². The molecule has 0 fully saturated rings. The summed E-state index contributed by atoms with van der Waals surface area (Å²) in [5.74, 6) is -1.05. The van der Waals surface area contributed by atoms with E-state index in [0.29, 0.717) is 12.2 Å². The van der Waals surface area contributed by atoms with Gasteiger partial charge in [0.15, 0.2) is 0 Å². The van der Waals surface area contributed by atoms with E-state index in [2.05, 4.69) is 10.3 Å². The molecule has 4 nitrogen and oxygen atoms in total. The third kappa shape index (κ3) is 3.23. The Morgan fingerprint density at radius 2 is 2.16 bits per heavy atom. The SMILES string of the molecule is Cc1ccc(CNc2cccc(Cl)c2C(=O)O)cn1. The number of pyridine rings is 1. The number of aryl methyl sites for hydroxylation is 1. The maximum Gasteiger partial charge on any atom is 0.339 e. The van der Waals surface area contributed by atoms with Crippen LogP contribution in [-0.4, -0.2) is 16.1 Å². The van der Waals surface area contributed by atoms with Crippen molar-refractivity contribution in [1.82, 2.24) is 4.98 Å². The highest BCUT2D eigenvalue weighted by atomic mass is 35.5. The Morgan fingerprint density at radius 3 is 2.79 bits per heavy atom. The van der Waals surface area contributed by atoms with Gasteiger partial charge in [0.2, 0.25) is 0 Å². The van der Waals surface area contributed by atoms with E-state index in [1.165, 1.54) is 0 Å². The molecule has 0 saturated carbocycles. The summed E-state index contributed by atoms with van der Waals surface area (Å²) in [6.45, 7) is 2.41. The predicted molar refractivity (Wildman–Crippen MR) is 74.7 cm³/mol. The molecule has 0 aliphatic rings. The molecular weight excluding hydrogens is 264 g/mol. The van der Waals surface area contributed by atoms with Crippen LogP contribution in [0.1, 0.15) is 21.6 Å². The van der Waals surface area contributed by atoms with E-state index in [-0.39, 0.29) is 10.6 Å². The fourth-order valence-corrected chi connectivity index (χ4v) is 1.94. The lowest BCUT2D eigenvalue weighted by molar-refractivity contribution is 0.0698. The number of benzene rings is 1. The first-order valence-corrected chi connectivity index (χ1v) is 6.13. The van der Waals surface area contributed by atoms with Gasteiger partial charge >= 0.3 is 5.97 Å². The zero-order valence-electron chi connectivity index (χ0n) is 10.4. The summed E-state index contributed by atoms with van der Waals surface area (Å²) in [6.07, 6.45) is 1.76. The highest BCUT2D eigenvalue weighted by Gasteiger charge is 2.13. The average molecular weight is 277 g/mol. The van der Waals surface area contributed by atoms with Crippen LogP contribution in [0.5, 0.6) is 0 Å². The lowest BCUT2D eigenvalue weighted by Gasteiger charge is -2.10. The molecule has 0 bridgehead atoms. The lowest BCUT2D eigenvalue weighted by atomic mass is 10.1. The molecular formula is C14H13ClN2O2. The van der Waals surface area contributed by atoms with Crippen LogP contribution in [0, 0.1) is 6.92 Å². The van der Waals surface area contributed by atoms with Gasteiger partial charge in [-0.05, 0) is 30.7 Å². The van der Waals surface area contributed by atoms with Gasteiger partial charge in [0, 0.05) is 18.4 Å². The minimum atomic E-state index is -1.05.